The summed E-state index contributed by atoms with van der Waals surface area (Å²) in [5.74, 6) is 0. The fourth-order valence-corrected chi connectivity index (χ4v) is 3.06. The molecule has 2 saturated heterocycles. The summed E-state index contributed by atoms with van der Waals surface area (Å²) in [7, 11) is 0. The van der Waals surface area contributed by atoms with Gasteiger partial charge in [0, 0.05) is 56.5 Å². The van der Waals surface area contributed by atoms with Crippen LogP contribution in [0.15, 0.2) is 24.5 Å². The van der Waals surface area contributed by atoms with Gasteiger partial charge in [0.05, 0.1) is 0 Å². The summed E-state index contributed by atoms with van der Waals surface area (Å²) in [6, 6.07) is 5.56. The van der Waals surface area contributed by atoms with Crippen LogP contribution in [0.5, 0.6) is 0 Å². The molecule has 2 aliphatic rings. The fourth-order valence-electron chi connectivity index (χ4n) is 3.06. The third-order valence-electron chi connectivity index (χ3n) is 4.22. The number of piperidine rings is 1. The average Bonchev–Trinajstić information content (AvgIpc) is 2.50. The molecular formula is C15H23N3O. The van der Waals surface area contributed by atoms with Crippen molar-refractivity contribution in [2.24, 2.45) is 0 Å². The Morgan fingerprint density at radius 3 is 2.32 bits per heavy atom. The van der Waals surface area contributed by atoms with Gasteiger partial charge >= 0.3 is 0 Å². The molecule has 3 heterocycles. The SMILES string of the molecule is c1cc(N2CCC(NC3CCOCC3)CC2)ccn1. The molecule has 0 amide bonds. The molecule has 0 unspecified atom stereocenters. The zero-order valence-electron chi connectivity index (χ0n) is 11.4. The number of ether oxygens (including phenoxy) is 1. The predicted octanol–water partition coefficient (Wildman–Crippen LogP) is 1.82. The Morgan fingerprint density at radius 1 is 1.00 bits per heavy atom. The van der Waals surface area contributed by atoms with Gasteiger partial charge in [-0.25, -0.2) is 0 Å². The summed E-state index contributed by atoms with van der Waals surface area (Å²) in [5.41, 5.74) is 1.31. The van der Waals surface area contributed by atoms with Gasteiger partial charge in [0.1, 0.15) is 0 Å². The molecule has 1 aromatic heterocycles. The highest BCUT2D eigenvalue weighted by Gasteiger charge is 2.22. The van der Waals surface area contributed by atoms with Gasteiger partial charge in [0.2, 0.25) is 0 Å². The summed E-state index contributed by atoms with van der Waals surface area (Å²) in [6.45, 7) is 4.14. The first kappa shape index (κ1) is 12.9. The molecule has 2 aliphatic heterocycles. The Morgan fingerprint density at radius 2 is 1.63 bits per heavy atom. The van der Waals surface area contributed by atoms with Crippen molar-refractivity contribution in [3.8, 4) is 0 Å². The van der Waals surface area contributed by atoms with E-state index in [0.29, 0.717) is 12.1 Å². The van der Waals surface area contributed by atoms with Gasteiger partial charge in [-0.05, 0) is 37.8 Å². The fraction of sp³-hybridized carbons (Fsp3) is 0.667. The Labute approximate surface area is 115 Å². The van der Waals surface area contributed by atoms with Crippen LogP contribution in [0.25, 0.3) is 0 Å². The van der Waals surface area contributed by atoms with Crippen molar-refractivity contribution in [1.29, 1.82) is 0 Å². The Kier molecular flexibility index (Phi) is 4.30. The van der Waals surface area contributed by atoms with Crippen LogP contribution in [-0.2, 0) is 4.74 Å². The lowest BCUT2D eigenvalue weighted by Gasteiger charge is -2.36. The molecule has 4 nitrogen and oxygen atoms in total. The molecule has 0 aliphatic carbocycles. The number of aromatic nitrogens is 1. The number of hydrogen-bond donors (Lipinski definition) is 1. The molecule has 19 heavy (non-hydrogen) atoms. The second kappa shape index (κ2) is 6.35. The van der Waals surface area contributed by atoms with E-state index in [9.17, 15) is 0 Å². The van der Waals surface area contributed by atoms with Crippen molar-refractivity contribution in [2.75, 3.05) is 31.2 Å². The summed E-state index contributed by atoms with van der Waals surface area (Å²) >= 11 is 0. The highest BCUT2D eigenvalue weighted by molar-refractivity contribution is 5.44. The summed E-state index contributed by atoms with van der Waals surface area (Å²) in [4.78, 5) is 6.54. The Balaban J connectivity index is 1.46. The minimum Gasteiger partial charge on any atom is -0.381 e. The zero-order valence-corrected chi connectivity index (χ0v) is 11.4. The molecular weight excluding hydrogens is 238 g/mol. The van der Waals surface area contributed by atoms with E-state index < -0.39 is 0 Å². The highest BCUT2D eigenvalue weighted by atomic mass is 16.5. The highest BCUT2D eigenvalue weighted by Crippen LogP contribution is 2.20. The molecule has 1 N–H and O–H groups in total. The van der Waals surface area contributed by atoms with Gasteiger partial charge in [-0.2, -0.15) is 0 Å². The number of nitrogens with one attached hydrogen (secondary N) is 1. The van der Waals surface area contributed by atoms with Crippen LogP contribution < -0.4 is 10.2 Å². The Hall–Kier alpha value is -1.13. The first-order chi connectivity index (χ1) is 9.42. The quantitative estimate of drug-likeness (QED) is 0.900. The van der Waals surface area contributed by atoms with Crippen LogP contribution in [-0.4, -0.2) is 43.4 Å². The molecule has 0 aromatic carbocycles. The summed E-state index contributed by atoms with van der Waals surface area (Å²) < 4.78 is 5.41. The lowest BCUT2D eigenvalue weighted by molar-refractivity contribution is 0.0738. The second-order valence-electron chi connectivity index (χ2n) is 5.52. The topological polar surface area (TPSA) is 37.4 Å². The lowest BCUT2D eigenvalue weighted by atomic mass is 10.0. The molecule has 2 fully saturated rings. The molecule has 104 valence electrons. The van der Waals surface area contributed by atoms with E-state index >= 15 is 0 Å². The summed E-state index contributed by atoms with van der Waals surface area (Å²) in [5, 5.41) is 3.81. The molecule has 0 radical (unpaired) electrons. The van der Waals surface area contributed by atoms with E-state index in [1.54, 1.807) is 0 Å². The van der Waals surface area contributed by atoms with Crippen LogP contribution in [0.2, 0.25) is 0 Å². The number of hydrogen-bond acceptors (Lipinski definition) is 4. The monoisotopic (exact) mass is 261 g/mol. The van der Waals surface area contributed by atoms with Crippen LogP contribution >= 0.6 is 0 Å². The van der Waals surface area contributed by atoms with Gasteiger partial charge in [-0.15, -0.1) is 0 Å². The van der Waals surface area contributed by atoms with Crippen molar-refractivity contribution in [2.45, 2.75) is 37.8 Å². The van der Waals surface area contributed by atoms with E-state index in [0.717, 1.165) is 26.3 Å². The first-order valence-electron chi connectivity index (χ1n) is 7.40. The first-order valence-corrected chi connectivity index (χ1v) is 7.40. The van der Waals surface area contributed by atoms with Crippen molar-refractivity contribution >= 4 is 5.69 Å². The maximum absolute atomic E-state index is 5.41. The summed E-state index contributed by atoms with van der Waals surface area (Å²) in [6.07, 6.45) is 8.57. The third kappa shape index (κ3) is 3.45. The van der Waals surface area contributed by atoms with E-state index in [1.165, 1.54) is 31.4 Å². The number of anilines is 1. The maximum Gasteiger partial charge on any atom is 0.0480 e. The number of nitrogens with zero attached hydrogens (tertiary/aromatic N) is 2. The van der Waals surface area contributed by atoms with Crippen molar-refractivity contribution in [3.63, 3.8) is 0 Å². The maximum atomic E-state index is 5.41. The van der Waals surface area contributed by atoms with E-state index in [2.05, 4.69) is 27.3 Å². The van der Waals surface area contributed by atoms with Gasteiger partial charge in [0.25, 0.3) is 0 Å². The molecule has 0 saturated carbocycles. The minimum atomic E-state index is 0.672. The van der Waals surface area contributed by atoms with Gasteiger partial charge in [0.15, 0.2) is 0 Å². The predicted molar refractivity (Wildman–Crippen MR) is 76.4 cm³/mol. The lowest BCUT2D eigenvalue weighted by Crippen LogP contribution is -2.47. The van der Waals surface area contributed by atoms with Crippen molar-refractivity contribution in [3.05, 3.63) is 24.5 Å². The smallest absolute Gasteiger partial charge is 0.0480 e. The van der Waals surface area contributed by atoms with E-state index in [4.69, 9.17) is 4.74 Å². The molecule has 1 aromatic rings. The average molecular weight is 261 g/mol. The van der Waals surface area contributed by atoms with Crippen LogP contribution in [0.1, 0.15) is 25.7 Å². The van der Waals surface area contributed by atoms with Crippen LogP contribution in [0.4, 0.5) is 5.69 Å². The zero-order chi connectivity index (χ0) is 12.9. The van der Waals surface area contributed by atoms with Crippen molar-refractivity contribution < 1.29 is 4.74 Å². The largest absolute Gasteiger partial charge is 0.381 e. The van der Waals surface area contributed by atoms with Crippen LogP contribution in [0, 0.1) is 0 Å². The molecule has 4 heteroatoms. The molecule has 0 bridgehead atoms. The van der Waals surface area contributed by atoms with Gasteiger partial charge in [-0.3, -0.25) is 4.98 Å². The number of pyridine rings is 1. The molecule has 0 spiro atoms. The van der Waals surface area contributed by atoms with Crippen LogP contribution in [0.3, 0.4) is 0 Å². The third-order valence-corrected chi connectivity index (χ3v) is 4.22. The second-order valence-corrected chi connectivity index (χ2v) is 5.52. The Bertz CT molecular complexity index is 370. The normalized spacial score (nSPS) is 22.6. The van der Waals surface area contributed by atoms with Gasteiger partial charge < -0.3 is 15.0 Å². The van der Waals surface area contributed by atoms with Gasteiger partial charge in [-0.1, -0.05) is 0 Å². The minimum absolute atomic E-state index is 0.672. The number of rotatable bonds is 3. The molecule has 0 atom stereocenters. The van der Waals surface area contributed by atoms with E-state index in [-0.39, 0.29) is 0 Å². The van der Waals surface area contributed by atoms with Crippen molar-refractivity contribution in [1.82, 2.24) is 10.3 Å². The standard InChI is InChI=1S/C15H23N3O/c1-7-16-8-2-15(1)18-9-3-13(4-10-18)17-14-5-11-19-12-6-14/h1-2,7-8,13-14,17H,3-6,9-12H2. The van der Waals surface area contributed by atoms with E-state index in [1.807, 2.05) is 12.4 Å². The molecule has 3 rings (SSSR count).